The standard InChI is InChI=1S/C15H28N2O3/c1-6-11-15(19)17(12(7-2)14(18)16-11)13(10(4)5)9-20-8-3/h10-13H,6-9H2,1-5H3,(H,16,18). The topological polar surface area (TPSA) is 58.6 Å². The van der Waals surface area contributed by atoms with Crippen molar-refractivity contribution in [3.05, 3.63) is 0 Å². The number of amides is 2. The van der Waals surface area contributed by atoms with Gasteiger partial charge >= 0.3 is 0 Å². The molecule has 1 rings (SSSR count). The molecule has 1 aliphatic heterocycles. The minimum atomic E-state index is -0.395. The Morgan fingerprint density at radius 1 is 1.20 bits per heavy atom. The van der Waals surface area contributed by atoms with Crippen LogP contribution in [0.4, 0.5) is 0 Å². The third-order valence-corrected chi connectivity index (χ3v) is 3.92. The van der Waals surface area contributed by atoms with Gasteiger partial charge in [-0.25, -0.2) is 0 Å². The van der Waals surface area contributed by atoms with Crippen molar-refractivity contribution >= 4 is 11.8 Å². The first-order chi connectivity index (χ1) is 9.47. The van der Waals surface area contributed by atoms with Gasteiger partial charge in [-0.2, -0.15) is 0 Å². The van der Waals surface area contributed by atoms with E-state index in [-0.39, 0.29) is 29.8 Å². The highest BCUT2D eigenvalue weighted by Crippen LogP contribution is 2.22. The molecule has 0 aromatic rings. The molecular weight excluding hydrogens is 256 g/mol. The molecule has 1 aliphatic rings. The number of nitrogens with one attached hydrogen (secondary N) is 1. The van der Waals surface area contributed by atoms with Crippen LogP contribution in [0, 0.1) is 5.92 Å². The lowest BCUT2D eigenvalue weighted by atomic mass is 9.95. The average Bonchev–Trinajstić information content (AvgIpc) is 2.41. The molecule has 3 unspecified atom stereocenters. The predicted molar refractivity (Wildman–Crippen MR) is 78.3 cm³/mol. The number of carbonyl (C=O) groups is 2. The Bertz CT molecular complexity index is 344. The average molecular weight is 284 g/mol. The fraction of sp³-hybridized carbons (Fsp3) is 0.867. The molecule has 0 aromatic heterocycles. The third-order valence-electron chi connectivity index (χ3n) is 3.92. The summed E-state index contributed by atoms with van der Waals surface area (Å²) in [6.45, 7) is 11.0. The van der Waals surface area contributed by atoms with Gasteiger partial charge in [-0.3, -0.25) is 9.59 Å². The molecule has 0 bridgehead atoms. The van der Waals surface area contributed by atoms with Crippen LogP contribution in [-0.4, -0.2) is 48.1 Å². The lowest BCUT2D eigenvalue weighted by Gasteiger charge is -2.44. The second-order valence-electron chi connectivity index (χ2n) is 5.61. The molecule has 0 aliphatic carbocycles. The second-order valence-corrected chi connectivity index (χ2v) is 5.61. The molecule has 1 N–H and O–H groups in total. The maximum Gasteiger partial charge on any atom is 0.246 e. The largest absolute Gasteiger partial charge is 0.380 e. The van der Waals surface area contributed by atoms with Crippen LogP contribution >= 0.6 is 0 Å². The Labute approximate surface area is 122 Å². The molecule has 0 radical (unpaired) electrons. The van der Waals surface area contributed by atoms with Crippen molar-refractivity contribution in [2.75, 3.05) is 13.2 Å². The summed E-state index contributed by atoms with van der Waals surface area (Å²) in [5.74, 6) is 0.237. The second kappa shape index (κ2) is 7.62. The highest BCUT2D eigenvalue weighted by atomic mass is 16.5. The fourth-order valence-corrected chi connectivity index (χ4v) is 2.68. The Morgan fingerprint density at radius 3 is 2.30 bits per heavy atom. The van der Waals surface area contributed by atoms with Crippen LogP contribution < -0.4 is 5.32 Å². The minimum Gasteiger partial charge on any atom is -0.380 e. The molecule has 0 spiro atoms. The van der Waals surface area contributed by atoms with E-state index in [0.29, 0.717) is 26.1 Å². The van der Waals surface area contributed by atoms with Crippen molar-refractivity contribution in [3.63, 3.8) is 0 Å². The Balaban J connectivity index is 3.03. The fourth-order valence-electron chi connectivity index (χ4n) is 2.68. The minimum absolute atomic E-state index is 0.0253. The number of piperazine rings is 1. The highest BCUT2D eigenvalue weighted by Gasteiger charge is 2.42. The molecule has 0 saturated carbocycles. The summed E-state index contributed by atoms with van der Waals surface area (Å²) in [6.07, 6.45) is 1.25. The van der Waals surface area contributed by atoms with Gasteiger partial charge in [0.2, 0.25) is 11.8 Å². The van der Waals surface area contributed by atoms with Crippen molar-refractivity contribution in [1.82, 2.24) is 10.2 Å². The van der Waals surface area contributed by atoms with Crippen LogP contribution in [0.5, 0.6) is 0 Å². The zero-order valence-electron chi connectivity index (χ0n) is 13.3. The highest BCUT2D eigenvalue weighted by molar-refractivity contribution is 5.97. The molecule has 1 saturated heterocycles. The van der Waals surface area contributed by atoms with E-state index >= 15 is 0 Å². The predicted octanol–water partition coefficient (Wildman–Crippen LogP) is 1.56. The first kappa shape index (κ1) is 17.0. The van der Waals surface area contributed by atoms with E-state index in [9.17, 15) is 9.59 Å². The first-order valence-corrected chi connectivity index (χ1v) is 7.68. The van der Waals surface area contributed by atoms with Gasteiger partial charge in [0.15, 0.2) is 0 Å². The number of hydrogen-bond acceptors (Lipinski definition) is 3. The summed E-state index contributed by atoms with van der Waals surface area (Å²) in [5, 5.41) is 2.83. The molecular formula is C15H28N2O3. The van der Waals surface area contributed by atoms with Crippen LogP contribution in [0.25, 0.3) is 0 Å². The SMILES string of the molecule is CCOCC(C(C)C)N1C(=O)C(CC)NC(=O)C1CC. The Morgan fingerprint density at radius 2 is 1.85 bits per heavy atom. The summed E-state index contributed by atoms with van der Waals surface area (Å²) in [7, 11) is 0. The number of rotatable bonds is 7. The lowest BCUT2D eigenvalue weighted by Crippen LogP contribution is -2.66. The van der Waals surface area contributed by atoms with Gasteiger partial charge in [0.1, 0.15) is 12.1 Å². The maximum absolute atomic E-state index is 12.6. The summed E-state index contributed by atoms with van der Waals surface area (Å²) in [5.41, 5.74) is 0. The van der Waals surface area contributed by atoms with Gasteiger partial charge in [0.05, 0.1) is 12.6 Å². The summed E-state index contributed by atoms with van der Waals surface area (Å²) < 4.78 is 5.53. The molecule has 116 valence electrons. The van der Waals surface area contributed by atoms with Gasteiger partial charge in [-0.15, -0.1) is 0 Å². The van der Waals surface area contributed by atoms with Crippen LogP contribution in [-0.2, 0) is 14.3 Å². The number of hydrogen-bond donors (Lipinski definition) is 1. The smallest absolute Gasteiger partial charge is 0.246 e. The van der Waals surface area contributed by atoms with Crippen LogP contribution in [0.2, 0.25) is 0 Å². The first-order valence-electron chi connectivity index (χ1n) is 7.68. The normalized spacial score (nSPS) is 25.0. The maximum atomic E-state index is 12.6. The van der Waals surface area contributed by atoms with Gasteiger partial charge in [-0.1, -0.05) is 27.7 Å². The van der Waals surface area contributed by atoms with E-state index in [1.807, 2.05) is 20.8 Å². The van der Waals surface area contributed by atoms with E-state index in [1.165, 1.54) is 0 Å². The lowest BCUT2D eigenvalue weighted by molar-refractivity contribution is -0.155. The van der Waals surface area contributed by atoms with Gasteiger partial charge < -0.3 is 15.0 Å². The third kappa shape index (κ3) is 3.51. The van der Waals surface area contributed by atoms with Gasteiger partial charge in [0.25, 0.3) is 0 Å². The van der Waals surface area contributed by atoms with E-state index in [0.717, 1.165) is 0 Å². The number of carbonyl (C=O) groups excluding carboxylic acids is 2. The van der Waals surface area contributed by atoms with Crippen LogP contribution in [0.1, 0.15) is 47.5 Å². The van der Waals surface area contributed by atoms with E-state index in [1.54, 1.807) is 4.90 Å². The summed E-state index contributed by atoms with van der Waals surface area (Å²) >= 11 is 0. The van der Waals surface area contributed by atoms with Crippen molar-refractivity contribution in [3.8, 4) is 0 Å². The van der Waals surface area contributed by atoms with E-state index < -0.39 is 6.04 Å². The zero-order valence-corrected chi connectivity index (χ0v) is 13.3. The van der Waals surface area contributed by atoms with Crippen LogP contribution in [0.15, 0.2) is 0 Å². The summed E-state index contributed by atoms with van der Waals surface area (Å²) in [4.78, 5) is 26.6. The zero-order chi connectivity index (χ0) is 15.3. The van der Waals surface area contributed by atoms with Crippen molar-refractivity contribution < 1.29 is 14.3 Å². The van der Waals surface area contributed by atoms with Crippen molar-refractivity contribution in [2.45, 2.75) is 65.6 Å². The molecule has 2 amide bonds. The molecule has 1 heterocycles. The Hall–Kier alpha value is -1.10. The van der Waals surface area contributed by atoms with Crippen LogP contribution in [0.3, 0.4) is 0 Å². The Kier molecular flexibility index (Phi) is 6.46. The van der Waals surface area contributed by atoms with Gasteiger partial charge in [0, 0.05) is 6.61 Å². The molecule has 20 heavy (non-hydrogen) atoms. The molecule has 0 aromatic carbocycles. The van der Waals surface area contributed by atoms with Gasteiger partial charge in [-0.05, 0) is 25.7 Å². The van der Waals surface area contributed by atoms with Crippen molar-refractivity contribution in [2.24, 2.45) is 5.92 Å². The van der Waals surface area contributed by atoms with E-state index in [2.05, 4.69) is 19.2 Å². The molecule has 1 fully saturated rings. The monoisotopic (exact) mass is 284 g/mol. The molecule has 5 heteroatoms. The molecule has 3 atom stereocenters. The van der Waals surface area contributed by atoms with E-state index in [4.69, 9.17) is 4.74 Å². The number of ether oxygens (including phenoxy) is 1. The van der Waals surface area contributed by atoms with Crippen molar-refractivity contribution in [1.29, 1.82) is 0 Å². The molecule has 5 nitrogen and oxygen atoms in total. The number of nitrogens with zero attached hydrogens (tertiary/aromatic N) is 1. The quantitative estimate of drug-likeness (QED) is 0.772. The summed E-state index contributed by atoms with van der Waals surface area (Å²) in [6, 6.07) is -0.821.